The zero-order valence-electron chi connectivity index (χ0n) is 17.0. The Morgan fingerprint density at radius 1 is 1.10 bits per heavy atom. The summed E-state index contributed by atoms with van der Waals surface area (Å²) in [6, 6.07) is 10.2. The maximum absolute atomic E-state index is 6.07. The largest absolute Gasteiger partial charge is 0.355 e. The molecule has 4 aromatic heterocycles. The summed E-state index contributed by atoms with van der Waals surface area (Å²) in [4.78, 5) is 20.9. The van der Waals surface area contributed by atoms with Crippen LogP contribution < -0.4 is 16.0 Å². The first-order valence-corrected chi connectivity index (χ1v) is 10.8. The Kier molecular flexibility index (Phi) is 4.80. The van der Waals surface area contributed by atoms with Gasteiger partial charge >= 0.3 is 0 Å². The summed E-state index contributed by atoms with van der Waals surface area (Å²) in [6.45, 7) is 5.91. The first-order chi connectivity index (χ1) is 14.6. The first kappa shape index (κ1) is 18.9. The van der Waals surface area contributed by atoms with Crippen LogP contribution in [-0.4, -0.2) is 39.1 Å². The third-order valence-electron chi connectivity index (χ3n) is 5.34. The molecule has 0 saturated carbocycles. The van der Waals surface area contributed by atoms with Gasteiger partial charge in [0, 0.05) is 37.6 Å². The van der Waals surface area contributed by atoms with Crippen molar-refractivity contribution in [3.8, 4) is 10.7 Å². The lowest BCUT2D eigenvalue weighted by molar-refractivity contribution is 0.751. The van der Waals surface area contributed by atoms with Gasteiger partial charge in [-0.3, -0.25) is 4.98 Å². The molecule has 5 rings (SSSR count). The minimum atomic E-state index is 0.216. The molecule has 0 bridgehead atoms. The summed E-state index contributed by atoms with van der Waals surface area (Å²) in [6.07, 6.45) is 4.65. The lowest BCUT2D eigenvalue weighted by Crippen LogP contribution is -2.27. The number of rotatable bonds is 4. The molecule has 1 fully saturated rings. The highest BCUT2D eigenvalue weighted by atomic mass is 32.1. The predicted molar refractivity (Wildman–Crippen MR) is 122 cm³/mol. The van der Waals surface area contributed by atoms with Crippen molar-refractivity contribution in [2.45, 2.75) is 26.3 Å². The molecule has 0 aromatic carbocycles. The van der Waals surface area contributed by atoms with Crippen molar-refractivity contribution in [1.82, 2.24) is 19.9 Å². The molecular formula is C22H23N7S. The molecule has 0 radical (unpaired) electrons. The number of aryl methyl sites for hydroxylation is 2. The summed E-state index contributed by atoms with van der Waals surface area (Å²) < 4.78 is 1.03. The second-order valence-electron chi connectivity index (χ2n) is 7.68. The topological polar surface area (TPSA) is 92.9 Å². The average Bonchev–Trinajstić information content (AvgIpc) is 3.35. The highest BCUT2D eigenvalue weighted by Crippen LogP contribution is 2.32. The molecule has 0 spiro atoms. The zero-order chi connectivity index (χ0) is 20.7. The Labute approximate surface area is 179 Å². The van der Waals surface area contributed by atoms with E-state index in [1.165, 1.54) is 0 Å². The van der Waals surface area contributed by atoms with Crippen LogP contribution in [0.1, 0.15) is 17.5 Å². The van der Waals surface area contributed by atoms with Crippen LogP contribution in [0.5, 0.6) is 0 Å². The number of hydrogen-bond donors (Lipinski definition) is 2. The molecule has 0 amide bonds. The number of nitrogens with zero attached hydrogens (tertiary/aromatic N) is 5. The lowest BCUT2D eigenvalue weighted by Gasteiger charge is -2.20. The van der Waals surface area contributed by atoms with Gasteiger partial charge in [0.15, 0.2) is 0 Å². The molecule has 1 aliphatic rings. The quantitative estimate of drug-likeness (QED) is 0.517. The molecule has 4 aromatic rings. The van der Waals surface area contributed by atoms with E-state index in [-0.39, 0.29) is 6.04 Å². The third-order valence-corrected chi connectivity index (χ3v) is 6.35. The molecule has 0 aliphatic carbocycles. The summed E-state index contributed by atoms with van der Waals surface area (Å²) in [5, 5.41) is 4.23. The second-order valence-corrected chi connectivity index (χ2v) is 8.71. The average molecular weight is 418 g/mol. The van der Waals surface area contributed by atoms with Gasteiger partial charge in [0.25, 0.3) is 0 Å². The number of anilines is 3. The molecule has 1 saturated heterocycles. The van der Waals surface area contributed by atoms with Gasteiger partial charge in [0.1, 0.15) is 28.2 Å². The molecule has 8 heteroatoms. The van der Waals surface area contributed by atoms with Gasteiger partial charge in [-0.2, -0.15) is 0 Å². The van der Waals surface area contributed by atoms with Crippen molar-refractivity contribution in [2.24, 2.45) is 5.73 Å². The number of nitrogens with one attached hydrogen (secondary N) is 1. The lowest BCUT2D eigenvalue weighted by atomic mass is 10.2. The van der Waals surface area contributed by atoms with E-state index in [1.54, 1.807) is 17.5 Å². The van der Waals surface area contributed by atoms with E-state index in [0.29, 0.717) is 0 Å². The SMILES string of the molecule is Cc1cccnc1-c1nc2cc(Nc3ccc(C)c(N4CC[C@@H](N)C4)n3)ncc2s1. The van der Waals surface area contributed by atoms with Gasteiger partial charge in [0.05, 0.1) is 10.2 Å². The zero-order valence-corrected chi connectivity index (χ0v) is 17.8. The molecule has 0 unspecified atom stereocenters. The van der Waals surface area contributed by atoms with E-state index < -0.39 is 0 Å². The maximum Gasteiger partial charge on any atom is 0.143 e. The normalized spacial score (nSPS) is 16.4. The highest BCUT2D eigenvalue weighted by Gasteiger charge is 2.22. The Hall–Kier alpha value is -3.10. The van der Waals surface area contributed by atoms with Crippen LogP contribution in [0, 0.1) is 13.8 Å². The summed E-state index contributed by atoms with van der Waals surface area (Å²) in [7, 11) is 0. The van der Waals surface area contributed by atoms with Crippen LogP contribution in [0.4, 0.5) is 17.5 Å². The fourth-order valence-corrected chi connectivity index (χ4v) is 4.71. The minimum absolute atomic E-state index is 0.216. The van der Waals surface area contributed by atoms with Crippen molar-refractivity contribution in [3.63, 3.8) is 0 Å². The van der Waals surface area contributed by atoms with E-state index in [0.717, 1.165) is 69.0 Å². The van der Waals surface area contributed by atoms with Crippen molar-refractivity contribution in [3.05, 3.63) is 53.9 Å². The number of nitrogens with two attached hydrogens (primary N) is 1. The molecule has 3 N–H and O–H groups in total. The Bertz CT molecular complexity index is 1220. The fourth-order valence-electron chi connectivity index (χ4n) is 3.73. The predicted octanol–water partition coefficient (Wildman–Crippen LogP) is 4.05. The van der Waals surface area contributed by atoms with Gasteiger partial charge in [-0.1, -0.05) is 12.1 Å². The van der Waals surface area contributed by atoms with Crippen molar-refractivity contribution >= 4 is 39.0 Å². The van der Waals surface area contributed by atoms with Crippen LogP contribution in [0.3, 0.4) is 0 Å². The van der Waals surface area contributed by atoms with E-state index in [4.69, 9.17) is 15.7 Å². The number of hydrogen-bond acceptors (Lipinski definition) is 8. The fraction of sp³-hybridized carbons (Fsp3) is 0.273. The van der Waals surface area contributed by atoms with Crippen molar-refractivity contribution < 1.29 is 0 Å². The van der Waals surface area contributed by atoms with E-state index in [9.17, 15) is 0 Å². The van der Waals surface area contributed by atoms with Crippen LogP contribution in [0.15, 0.2) is 42.7 Å². The maximum atomic E-state index is 6.07. The standard InChI is InChI=1S/C22H23N7S/c1-13-4-3-8-24-20(13)22-26-16-10-19(25-11-17(16)30-22)27-18-6-5-14(2)21(28-18)29-9-7-15(23)12-29/h3-6,8,10-11,15H,7,9,12,23H2,1-2H3,(H,25,27,28)/t15-/m1/s1. The molecule has 1 atom stereocenters. The molecule has 7 nitrogen and oxygen atoms in total. The van der Waals surface area contributed by atoms with Crippen LogP contribution in [-0.2, 0) is 0 Å². The molecular weight excluding hydrogens is 394 g/mol. The van der Waals surface area contributed by atoms with E-state index in [1.807, 2.05) is 37.4 Å². The van der Waals surface area contributed by atoms with E-state index >= 15 is 0 Å². The van der Waals surface area contributed by atoms with Crippen LogP contribution >= 0.6 is 11.3 Å². The van der Waals surface area contributed by atoms with Crippen LogP contribution in [0.2, 0.25) is 0 Å². The first-order valence-electron chi connectivity index (χ1n) is 10.0. The molecule has 152 valence electrons. The summed E-state index contributed by atoms with van der Waals surface area (Å²) >= 11 is 1.60. The molecule has 5 heterocycles. The van der Waals surface area contributed by atoms with Gasteiger partial charge in [0.2, 0.25) is 0 Å². The van der Waals surface area contributed by atoms with Crippen molar-refractivity contribution in [1.29, 1.82) is 0 Å². The Morgan fingerprint density at radius 3 is 2.80 bits per heavy atom. The summed E-state index contributed by atoms with van der Waals surface area (Å²) in [5.41, 5.74) is 10.1. The van der Waals surface area contributed by atoms with Gasteiger partial charge in [-0.05, 0) is 43.5 Å². The second kappa shape index (κ2) is 7.62. The smallest absolute Gasteiger partial charge is 0.143 e. The number of fused-ring (bicyclic) bond motifs is 1. The Balaban J connectivity index is 1.43. The molecule has 1 aliphatic heterocycles. The third kappa shape index (κ3) is 3.59. The van der Waals surface area contributed by atoms with Gasteiger partial charge < -0.3 is 16.0 Å². The number of thiazole rings is 1. The number of pyridine rings is 3. The van der Waals surface area contributed by atoms with Gasteiger partial charge in [-0.25, -0.2) is 15.0 Å². The van der Waals surface area contributed by atoms with E-state index in [2.05, 4.69) is 33.2 Å². The molecule has 30 heavy (non-hydrogen) atoms. The minimum Gasteiger partial charge on any atom is -0.355 e. The highest BCUT2D eigenvalue weighted by molar-refractivity contribution is 7.21. The summed E-state index contributed by atoms with van der Waals surface area (Å²) in [5.74, 6) is 2.46. The van der Waals surface area contributed by atoms with Crippen molar-refractivity contribution in [2.75, 3.05) is 23.3 Å². The number of aromatic nitrogens is 4. The monoisotopic (exact) mass is 417 g/mol. The van der Waals surface area contributed by atoms with Crippen LogP contribution in [0.25, 0.3) is 20.9 Å². The van der Waals surface area contributed by atoms with Gasteiger partial charge in [-0.15, -0.1) is 11.3 Å². The Morgan fingerprint density at radius 2 is 2.00 bits per heavy atom.